The first kappa shape index (κ1) is 19.1. The van der Waals surface area contributed by atoms with E-state index < -0.39 is 28.4 Å². The summed E-state index contributed by atoms with van der Waals surface area (Å²) in [5.74, 6) is -1.36. The molecule has 140 valence electrons. The van der Waals surface area contributed by atoms with Crippen LogP contribution in [-0.2, 0) is 19.6 Å². The third-order valence-electron chi connectivity index (χ3n) is 4.16. The van der Waals surface area contributed by atoms with Crippen molar-refractivity contribution in [3.63, 3.8) is 0 Å². The second-order valence-electron chi connectivity index (χ2n) is 6.17. The first-order valence-electron chi connectivity index (χ1n) is 8.11. The minimum atomic E-state index is -4.11. The van der Waals surface area contributed by atoms with Crippen molar-refractivity contribution in [1.82, 2.24) is 4.31 Å². The topological polar surface area (TPSA) is 83.6 Å². The molecular weight excluding hydrogens is 388 g/mol. The Balaban J connectivity index is 1.84. The van der Waals surface area contributed by atoms with Gasteiger partial charge in [-0.2, -0.15) is 0 Å². The first-order chi connectivity index (χ1) is 12.7. The lowest BCUT2D eigenvalue weighted by Crippen LogP contribution is -2.38. The SMILES string of the molecule is CC1=C(c2ccccc2)S(=O)(=O)N(CC(=O)Nc2ccc(C)cc2Cl)C1=O. The van der Waals surface area contributed by atoms with Gasteiger partial charge in [-0.1, -0.05) is 48.0 Å². The number of carbonyl (C=O) groups excluding carboxylic acids is 2. The number of anilines is 1. The lowest BCUT2D eigenvalue weighted by atomic mass is 10.1. The number of aryl methyl sites for hydroxylation is 1. The molecule has 0 spiro atoms. The van der Waals surface area contributed by atoms with Crippen molar-refractivity contribution in [3.8, 4) is 0 Å². The van der Waals surface area contributed by atoms with Crippen LogP contribution in [0.5, 0.6) is 0 Å². The number of sulfonamides is 1. The van der Waals surface area contributed by atoms with Gasteiger partial charge in [0.15, 0.2) is 0 Å². The molecule has 0 aliphatic carbocycles. The highest BCUT2D eigenvalue weighted by Gasteiger charge is 2.43. The maximum atomic E-state index is 12.9. The van der Waals surface area contributed by atoms with Crippen LogP contribution in [0.2, 0.25) is 5.02 Å². The van der Waals surface area contributed by atoms with E-state index in [2.05, 4.69) is 5.32 Å². The van der Waals surface area contributed by atoms with Gasteiger partial charge in [-0.15, -0.1) is 0 Å². The van der Waals surface area contributed by atoms with E-state index in [1.165, 1.54) is 6.92 Å². The van der Waals surface area contributed by atoms with Gasteiger partial charge >= 0.3 is 0 Å². The molecule has 27 heavy (non-hydrogen) atoms. The summed E-state index contributed by atoms with van der Waals surface area (Å²) in [4.78, 5) is 24.8. The zero-order valence-electron chi connectivity index (χ0n) is 14.7. The number of carbonyl (C=O) groups is 2. The molecule has 0 saturated carbocycles. The molecule has 2 amide bonds. The highest BCUT2D eigenvalue weighted by molar-refractivity contribution is 7.99. The van der Waals surface area contributed by atoms with E-state index >= 15 is 0 Å². The molecule has 0 unspecified atom stereocenters. The van der Waals surface area contributed by atoms with Crippen LogP contribution in [0, 0.1) is 6.92 Å². The van der Waals surface area contributed by atoms with Gasteiger partial charge < -0.3 is 5.32 Å². The highest BCUT2D eigenvalue weighted by Crippen LogP contribution is 2.35. The molecule has 0 fully saturated rings. The van der Waals surface area contributed by atoms with Gasteiger partial charge in [0.05, 0.1) is 10.7 Å². The Labute approximate surface area is 162 Å². The molecule has 3 rings (SSSR count). The molecule has 0 radical (unpaired) electrons. The maximum Gasteiger partial charge on any atom is 0.268 e. The summed E-state index contributed by atoms with van der Waals surface area (Å²) in [5.41, 5.74) is 1.77. The number of amides is 2. The van der Waals surface area contributed by atoms with Crippen molar-refractivity contribution in [2.75, 3.05) is 11.9 Å². The van der Waals surface area contributed by atoms with Crippen molar-refractivity contribution >= 4 is 44.0 Å². The predicted octanol–water partition coefficient (Wildman–Crippen LogP) is 3.19. The Morgan fingerprint density at radius 1 is 1.11 bits per heavy atom. The van der Waals surface area contributed by atoms with Crippen molar-refractivity contribution in [3.05, 3.63) is 70.3 Å². The van der Waals surface area contributed by atoms with Crippen LogP contribution in [0.3, 0.4) is 0 Å². The molecule has 0 saturated heterocycles. The third-order valence-corrected chi connectivity index (χ3v) is 6.40. The fourth-order valence-electron chi connectivity index (χ4n) is 2.85. The molecule has 0 atom stereocenters. The van der Waals surface area contributed by atoms with Gasteiger partial charge in [0.1, 0.15) is 11.4 Å². The summed E-state index contributed by atoms with van der Waals surface area (Å²) in [6.07, 6.45) is 0. The van der Waals surface area contributed by atoms with E-state index in [0.717, 1.165) is 5.56 Å². The number of hydrogen-bond donors (Lipinski definition) is 1. The van der Waals surface area contributed by atoms with Crippen LogP contribution in [0.1, 0.15) is 18.1 Å². The zero-order chi connectivity index (χ0) is 19.8. The predicted molar refractivity (Wildman–Crippen MR) is 104 cm³/mol. The van der Waals surface area contributed by atoms with Gasteiger partial charge in [-0.05, 0) is 37.1 Å². The summed E-state index contributed by atoms with van der Waals surface area (Å²) in [5, 5.41) is 2.88. The average Bonchev–Trinajstić information content (AvgIpc) is 2.78. The summed E-state index contributed by atoms with van der Waals surface area (Å²) >= 11 is 6.08. The Hall–Kier alpha value is -2.64. The molecule has 1 heterocycles. The molecule has 6 nitrogen and oxygen atoms in total. The third kappa shape index (κ3) is 3.61. The second-order valence-corrected chi connectivity index (χ2v) is 8.37. The minimum absolute atomic E-state index is 0.0748. The largest absolute Gasteiger partial charge is 0.323 e. The van der Waals surface area contributed by atoms with Crippen molar-refractivity contribution in [1.29, 1.82) is 0 Å². The smallest absolute Gasteiger partial charge is 0.268 e. The Kier molecular flexibility index (Phi) is 5.08. The van der Waals surface area contributed by atoms with Crippen LogP contribution in [0.15, 0.2) is 54.1 Å². The molecule has 2 aromatic rings. The Bertz CT molecular complexity index is 1060. The van der Waals surface area contributed by atoms with Crippen LogP contribution in [0.4, 0.5) is 5.69 Å². The van der Waals surface area contributed by atoms with E-state index in [-0.39, 0.29) is 10.5 Å². The van der Waals surface area contributed by atoms with Gasteiger partial charge in [-0.25, -0.2) is 12.7 Å². The fourth-order valence-corrected chi connectivity index (χ4v) is 4.90. The Morgan fingerprint density at radius 3 is 2.41 bits per heavy atom. The number of nitrogens with zero attached hydrogens (tertiary/aromatic N) is 1. The van der Waals surface area contributed by atoms with Gasteiger partial charge in [0.2, 0.25) is 5.91 Å². The molecule has 0 aromatic heterocycles. The molecule has 0 bridgehead atoms. The van der Waals surface area contributed by atoms with Crippen molar-refractivity contribution < 1.29 is 18.0 Å². The zero-order valence-corrected chi connectivity index (χ0v) is 16.3. The Morgan fingerprint density at radius 2 is 1.78 bits per heavy atom. The number of halogens is 1. The molecule has 1 N–H and O–H groups in total. The average molecular weight is 405 g/mol. The summed E-state index contributed by atoms with van der Waals surface area (Å²) in [6.45, 7) is 2.67. The van der Waals surface area contributed by atoms with Gasteiger partial charge in [0, 0.05) is 5.57 Å². The quantitative estimate of drug-likeness (QED) is 0.848. The van der Waals surface area contributed by atoms with Crippen molar-refractivity contribution in [2.45, 2.75) is 13.8 Å². The normalized spacial score (nSPS) is 16.0. The minimum Gasteiger partial charge on any atom is -0.323 e. The van der Waals surface area contributed by atoms with E-state index in [9.17, 15) is 18.0 Å². The highest BCUT2D eigenvalue weighted by atomic mass is 35.5. The van der Waals surface area contributed by atoms with E-state index in [0.29, 0.717) is 20.6 Å². The number of benzene rings is 2. The maximum absolute atomic E-state index is 12.9. The van der Waals surface area contributed by atoms with E-state index in [1.807, 2.05) is 6.92 Å². The summed E-state index contributed by atoms with van der Waals surface area (Å²) in [7, 11) is -4.11. The summed E-state index contributed by atoms with van der Waals surface area (Å²) < 4.78 is 26.3. The molecular formula is C19H17ClN2O4S. The second kappa shape index (κ2) is 7.17. The first-order valence-corrected chi connectivity index (χ1v) is 9.93. The molecule has 2 aromatic carbocycles. The number of hydrogen-bond acceptors (Lipinski definition) is 4. The molecule has 1 aliphatic heterocycles. The summed E-state index contributed by atoms with van der Waals surface area (Å²) in [6, 6.07) is 13.4. The van der Waals surface area contributed by atoms with Crippen LogP contribution >= 0.6 is 11.6 Å². The van der Waals surface area contributed by atoms with Crippen LogP contribution in [0.25, 0.3) is 4.91 Å². The fraction of sp³-hybridized carbons (Fsp3) is 0.158. The van der Waals surface area contributed by atoms with Crippen molar-refractivity contribution in [2.24, 2.45) is 0 Å². The van der Waals surface area contributed by atoms with Crippen LogP contribution < -0.4 is 5.32 Å². The van der Waals surface area contributed by atoms with Gasteiger partial charge in [-0.3, -0.25) is 9.59 Å². The molecule has 1 aliphatic rings. The monoisotopic (exact) mass is 404 g/mol. The lowest BCUT2D eigenvalue weighted by Gasteiger charge is -2.17. The number of rotatable bonds is 4. The lowest BCUT2D eigenvalue weighted by molar-refractivity contribution is -0.126. The van der Waals surface area contributed by atoms with E-state index in [4.69, 9.17) is 11.6 Å². The number of nitrogens with one attached hydrogen (secondary N) is 1. The van der Waals surface area contributed by atoms with E-state index in [1.54, 1.807) is 48.5 Å². The standard InChI is InChI=1S/C19H17ClN2O4S/c1-12-8-9-16(15(20)10-12)21-17(23)11-22-19(24)13(2)18(27(22,25)26)14-6-4-3-5-7-14/h3-10H,11H2,1-2H3,(H,21,23). The van der Waals surface area contributed by atoms with Crippen LogP contribution in [-0.4, -0.2) is 31.1 Å². The molecule has 8 heteroatoms. The van der Waals surface area contributed by atoms with Gasteiger partial charge in [0.25, 0.3) is 15.9 Å².